The van der Waals surface area contributed by atoms with Crippen molar-refractivity contribution in [3.8, 4) is 5.75 Å². The van der Waals surface area contributed by atoms with E-state index in [1.54, 1.807) is 31.2 Å². The molecule has 0 atom stereocenters. The summed E-state index contributed by atoms with van der Waals surface area (Å²) < 4.78 is 5.30. The third-order valence-electron chi connectivity index (χ3n) is 3.29. The smallest absolute Gasteiger partial charge is 0.246 e. The monoisotopic (exact) mass is 315 g/mol. The van der Waals surface area contributed by atoms with Crippen molar-refractivity contribution < 1.29 is 9.53 Å². The highest BCUT2D eigenvalue weighted by molar-refractivity contribution is 6.32. The fourth-order valence-corrected chi connectivity index (χ4v) is 2.26. The molecule has 114 valence electrons. The number of halogens is 1. The largest absolute Gasteiger partial charge is 0.496 e. The molecule has 2 rings (SSSR count). The van der Waals surface area contributed by atoms with Crippen LogP contribution in [0, 0.1) is 0 Å². The summed E-state index contributed by atoms with van der Waals surface area (Å²) in [7, 11) is 3.38. The molecule has 1 amide bonds. The van der Waals surface area contributed by atoms with Crippen molar-refractivity contribution in [1.82, 2.24) is 4.90 Å². The van der Waals surface area contributed by atoms with Gasteiger partial charge in [-0.25, -0.2) is 0 Å². The zero-order chi connectivity index (χ0) is 15.9. The number of methoxy groups -OCH3 is 1. The van der Waals surface area contributed by atoms with Crippen molar-refractivity contribution in [1.29, 1.82) is 0 Å². The van der Waals surface area contributed by atoms with E-state index in [0.717, 1.165) is 16.9 Å². The number of likely N-dealkylation sites (N-methyl/N-ethyl adjacent to an activating group) is 1. The molecular weight excluding hydrogens is 298 g/mol. The molecule has 0 saturated carbocycles. The number of rotatable bonds is 5. The second-order valence-electron chi connectivity index (χ2n) is 4.86. The van der Waals surface area contributed by atoms with Crippen LogP contribution in [0.25, 0.3) is 6.08 Å². The van der Waals surface area contributed by atoms with Crippen molar-refractivity contribution in [3.05, 3.63) is 70.8 Å². The van der Waals surface area contributed by atoms with Gasteiger partial charge in [0.15, 0.2) is 0 Å². The van der Waals surface area contributed by atoms with Crippen LogP contribution in [0.4, 0.5) is 0 Å². The summed E-state index contributed by atoms with van der Waals surface area (Å²) in [5.74, 6) is 0.683. The molecule has 0 bridgehead atoms. The van der Waals surface area contributed by atoms with Crippen molar-refractivity contribution in [2.75, 3.05) is 14.2 Å². The Morgan fingerprint density at radius 3 is 2.59 bits per heavy atom. The number of carbonyl (C=O) groups is 1. The quantitative estimate of drug-likeness (QED) is 0.780. The number of nitrogens with zero attached hydrogens (tertiary/aromatic N) is 1. The summed E-state index contributed by atoms with van der Waals surface area (Å²) in [4.78, 5) is 13.8. The van der Waals surface area contributed by atoms with E-state index < -0.39 is 0 Å². The Labute approximate surface area is 135 Å². The molecule has 0 aliphatic rings. The topological polar surface area (TPSA) is 29.5 Å². The molecule has 0 N–H and O–H groups in total. The fraction of sp³-hybridized carbons (Fsp3) is 0.167. The molecule has 0 fully saturated rings. The van der Waals surface area contributed by atoms with Crippen molar-refractivity contribution in [2.24, 2.45) is 0 Å². The first-order valence-corrected chi connectivity index (χ1v) is 7.29. The molecule has 2 aromatic rings. The minimum atomic E-state index is -0.0918. The van der Waals surface area contributed by atoms with Gasteiger partial charge in [0.1, 0.15) is 5.75 Å². The Morgan fingerprint density at radius 1 is 1.18 bits per heavy atom. The second kappa shape index (κ2) is 7.66. The molecule has 22 heavy (non-hydrogen) atoms. The number of hydrogen-bond donors (Lipinski definition) is 0. The highest BCUT2D eigenvalue weighted by Gasteiger charge is 2.09. The highest BCUT2D eigenvalue weighted by Crippen LogP contribution is 2.19. The number of carbonyl (C=O) groups excluding carboxylic acids is 1. The van der Waals surface area contributed by atoms with Gasteiger partial charge in [-0.15, -0.1) is 0 Å². The standard InChI is InChI=1S/C18H18ClNO2/c1-20(13-15-8-4-6-10-17(15)22-2)18(21)12-11-14-7-3-5-9-16(14)19/h3-12H,13H2,1-2H3/b12-11+. The van der Waals surface area contributed by atoms with E-state index in [4.69, 9.17) is 16.3 Å². The third-order valence-corrected chi connectivity index (χ3v) is 3.63. The van der Waals surface area contributed by atoms with Crippen LogP contribution in [0.15, 0.2) is 54.6 Å². The predicted octanol–water partition coefficient (Wildman–Crippen LogP) is 4.02. The van der Waals surface area contributed by atoms with Crippen LogP contribution in [0.3, 0.4) is 0 Å². The summed E-state index contributed by atoms with van der Waals surface area (Å²) in [6.45, 7) is 0.482. The van der Waals surface area contributed by atoms with E-state index in [0.29, 0.717) is 11.6 Å². The summed E-state index contributed by atoms with van der Waals surface area (Å²) in [5.41, 5.74) is 1.79. The highest BCUT2D eigenvalue weighted by atomic mass is 35.5. The van der Waals surface area contributed by atoms with Crippen LogP contribution in [0.5, 0.6) is 5.75 Å². The van der Waals surface area contributed by atoms with Crippen LogP contribution < -0.4 is 4.74 Å². The Bertz CT molecular complexity index is 682. The first-order chi connectivity index (χ1) is 10.6. The molecule has 0 aliphatic heterocycles. The number of hydrogen-bond acceptors (Lipinski definition) is 2. The normalized spacial score (nSPS) is 10.7. The van der Waals surface area contributed by atoms with Gasteiger partial charge in [-0.2, -0.15) is 0 Å². The van der Waals surface area contributed by atoms with Gasteiger partial charge in [-0.3, -0.25) is 4.79 Å². The molecule has 2 aromatic carbocycles. The molecule has 3 nitrogen and oxygen atoms in total. The molecule has 0 aliphatic carbocycles. The summed E-state index contributed by atoms with van der Waals surface area (Å²) in [6, 6.07) is 15.1. The Morgan fingerprint density at radius 2 is 1.86 bits per heavy atom. The lowest BCUT2D eigenvalue weighted by Gasteiger charge is -2.17. The first kappa shape index (κ1) is 16.1. The van der Waals surface area contributed by atoms with Crippen LogP contribution in [-0.4, -0.2) is 25.0 Å². The van der Waals surface area contributed by atoms with Gasteiger partial charge in [-0.1, -0.05) is 48.0 Å². The van der Waals surface area contributed by atoms with E-state index in [2.05, 4.69) is 0 Å². The lowest BCUT2D eigenvalue weighted by atomic mass is 10.2. The van der Waals surface area contributed by atoms with E-state index in [9.17, 15) is 4.79 Å². The van der Waals surface area contributed by atoms with Crippen molar-refractivity contribution in [2.45, 2.75) is 6.54 Å². The molecular formula is C18H18ClNO2. The van der Waals surface area contributed by atoms with Gasteiger partial charge in [0.05, 0.1) is 7.11 Å². The maximum absolute atomic E-state index is 12.2. The first-order valence-electron chi connectivity index (χ1n) is 6.91. The van der Waals surface area contributed by atoms with Gasteiger partial charge >= 0.3 is 0 Å². The summed E-state index contributed by atoms with van der Waals surface area (Å²) >= 11 is 6.06. The molecule has 0 radical (unpaired) electrons. The molecule has 0 unspecified atom stereocenters. The minimum absolute atomic E-state index is 0.0918. The van der Waals surface area contributed by atoms with Gasteiger partial charge in [0, 0.05) is 30.3 Å². The molecule has 0 aromatic heterocycles. The van der Waals surface area contributed by atoms with Gasteiger partial charge in [-0.05, 0) is 23.8 Å². The van der Waals surface area contributed by atoms with E-state index in [-0.39, 0.29) is 5.91 Å². The van der Waals surface area contributed by atoms with Gasteiger partial charge in [0.25, 0.3) is 0 Å². The van der Waals surface area contributed by atoms with E-state index in [1.807, 2.05) is 42.5 Å². The second-order valence-corrected chi connectivity index (χ2v) is 5.27. The SMILES string of the molecule is COc1ccccc1CN(C)C(=O)/C=C/c1ccccc1Cl. The maximum atomic E-state index is 12.2. The Kier molecular flexibility index (Phi) is 5.61. The average molecular weight is 316 g/mol. The maximum Gasteiger partial charge on any atom is 0.246 e. The zero-order valence-electron chi connectivity index (χ0n) is 12.6. The van der Waals surface area contributed by atoms with E-state index in [1.165, 1.54) is 6.08 Å². The fourth-order valence-electron chi connectivity index (χ4n) is 2.07. The third kappa shape index (κ3) is 4.12. The number of benzene rings is 2. The number of ether oxygens (including phenoxy) is 1. The van der Waals surface area contributed by atoms with Crippen molar-refractivity contribution >= 4 is 23.6 Å². The lowest BCUT2D eigenvalue weighted by Crippen LogP contribution is -2.24. The van der Waals surface area contributed by atoms with Crippen LogP contribution in [0.2, 0.25) is 5.02 Å². The molecule has 4 heteroatoms. The Balaban J connectivity index is 2.05. The van der Waals surface area contributed by atoms with Gasteiger partial charge < -0.3 is 9.64 Å². The lowest BCUT2D eigenvalue weighted by molar-refractivity contribution is -0.125. The molecule has 0 saturated heterocycles. The minimum Gasteiger partial charge on any atom is -0.496 e. The summed E-state index contributed by atoms with van der Waals surface area (Å²) in [5, 5.41) is 0.624. The molecule has 0 heterocycles. The van der Waals surface area contributed by atoms with Crippen LogP contribution >= 0.6 is 11.6 Å². The number of amides is 1. The zero-order valence-corrected chi connectivity index (χ0v) is 13.4. The average Bonchev–Trinajstić information content (AvgIpc) is 2.54. The number of para-hydroxylation sites is 1. The Hall–Kier alpha value is -2.26. The van der Waals surface area contributed by atoms with E-state index >= 15 is 0 Å². The summed E-state index contributed by atoms with van der Waals surface area (Å²) in [6.07, 6.45) is 3.25. The predicted molar refractivity (Wildman–Crippen MR) is 90.0 cm³/mol. The van der Waals surface area contributed by atoms with Crippen LogP contribution in [-0.2, 0) is 11.3 Å². The van der Waals surface area contributed by atoms with Crippen molar-refractivity contribution in [3.63, 3.8) is 0 Å². The molecule has 0 spiro atoms. The van der Waals surface area contributed by atoms with Crippen LogP contribution in [0.1, 0.15) is 11.1 Å². The van der Waals surface area contributed by atoms with Gasteiger partial charge in [0.2, 0.25) is 5.91 Å².